The number of carbonyl (C=O) groups excluding carboxylic acids is 2. The van der Waals surface area contributed by atoms with E-state index in [0.29, 0.717) is 24.2 Å². The van der Waals surface area contributed by atoms with E-state index in [0.717, 1.165) is 23.8 Å². The maximum absolute atomic E-state index is 13.4. The fourth-order valence-corrected chi connectivity index (χ4v) is 5.06. The Hall–Kier alpha value is -2.94. The van der Waals surface area contributed by atoms with Crippen LogP contribution in [0.5, 0.6) is 0 Å². The summed E-state index contributed by atoms with van der Waals surface area (Å²) in [6.07, 6.45) is 2.69. The van der Waals surface area contributed by atoms with Gasteiger partial charge in [0, 0.05) is 26.1 Å². The zero-order valence-electron chi connectivity index (χ0n) is 21.9. The van der Waals surface area contributed by atoms with Crippen molar-refractivity contribution in [2.45, 2.75) is 66.0 Å². The molecule has 9 heteroatoms. The van der Waals surface area contributed by atoms with E-state index in [4.69, 9.17) is 0 Å². The predicted molar refractivity (Wildman–Crippen MR) is 142 cm³/mol. The van der Waals surface area contributed by atoms with E-state index in [9.17, 15) is 22.4 Å². The van der Waals surface area contributed by atoms with Crippen molar-refractivity contribution in [3.63, 3.8) is 0 Å². The van der Waals surface area contributed by atoms with Gasteiger partial charge in [0.05, 0.1) is 11.9 Å². The Morgan fingerprint density at radius 1 is 1.06 bits per heavy atom. The number of nitrogens with one attached hydrogen (secondary N) is 1. The lowest BCUT2D eigenvalue weighted by atomic mass is 10.1. The van der Waals surface area contributed by atoms with Gasteiger partial charge in [-0.15, -0.1) is 0 Å². The Morgan fingerprint density at radius 2 is 1.72 bits per heavy atom. The lowest BCUT2D eigenvalue weighted by Crippen LogP contribution is -2.49. The van der Waals surface area contributed by atoms with Gasteiger partial charge in [0.1, 0.15) is 11.9 Å². The Morgan fingerprint density at radius 3 is 2.31 bits per heavy atom. The first-order chi connectivity index (χ1) is 17.0. The molecular formula is C27H38FN3O4S. The lowest BCUT2D eigenvalue weighted by molar-refractivity contribution is -0.141. The van der Waals surface area contributed by atoms with Crippen molar-refractivity contribution < 1.29 is 22.4 Å². The third kappa shape index (κ3) is 8.33. The first-order valence-corrected chi connectivity index (χ1v) is 14.2. The van der Waals surface area contributed by atoms with Crippen molar-refractivity contribution in [2.75, 3.05) is 23.7 Å². The number of sulfonamides is 1. The molecule has 2 aromatic carbocycles. The zero-order chi connectivity index (χ0) is 26.9. The van der Waals surface area contributed by atoms with Crippen molar-refractivity contribution in [3.05, 3.63) is 65.0 Å². The molecule has 0 heterocycles. The van der Waals surface area contributed by atoms with E-state index in [1.165, 1.54) is 21.3 Å². The van der Waals surface area contributed by atoms with Crippen LogP contribution in [0.15, 0.2) is 42.5 Å². The molecule has 0 spiro atoms. The minimum absolute atomic E-state index is 0.0651. The van der Waals surface area contributed by atoms with Crippen LogP contribution in [-0.4, -0.2) is 50.5 Å². The van der Waals surface area contributed by atoms with Crippen molar-refractivity contribution in [1.29, 1.82) is 0 Å². The van der Waals surface area contributed by atoms with Crippen LogP contribution in [0.2, 0.25) is 0 Å². The summed E-state index contributed by atoms with van der Waals surface area (Å²) >= 11 is 0. The maximum Gasteiger partial charge on any atom is 0.242 e. The molecule has 0 aliphatic carbocycles. The number of hydrogen-bond acceptors (Lipinski definition) is 4. The molecule has 2 aromatic rings. The molecule has 0 saturated carbocycles. The SMILES string of the molecule is CCCNC(=O)C(CC)N(Cc1ccc(F)cc1)C(=O)CCCN(c1cc(C)ccc1C)S(C)(=O)=O. The summed E-state index contributed by atoms with van der Waals surface area (Å²) in [5, 5.41) is 2.86. The summed E-state index contributed by atoms with van der Waals surface area (Å²) in [5.74, 6) is -0.869. The Balaban J connectivity index is 2.23. The standard InChI is InChI=1S/C27H38FN3O4S/c1-6-16-29-27(33)24(7-2)30(19-22-12-14-23(28)15-13-22)26(32)9-8-17-31(36(5,34)35)25-18-20(3)10-11-21(25)4/h10-15,18,24H,6-9,16-17,19H2,1-5H3,(H,29,33). The molecule has 1 unspecified atom stereocenters. The number of carbonyl (C=O) groups is 2. The summed E-state index contributed by atoms with van der Waals surface area (Å²) in [4.78, 5) is 27.7. The van der Waals surface area contributed by atoms with Gasteiger partial charge >= 0.3 is 0 Å². The Labute approximate surface area is 214 Å². The normalized spacial score (nSPS) is 12.2. The predicted octanol–water partition coefficient (Wildman–Crippen LogP) is 4.32. The number of anilines is 1. The van der Waals surface area contributed by atoms with Gasteiger partial charge in [0.25, 0.3) is 0 Å². The molecule has 198 valence electrons. The summed E-state index contributed by atoms with van der Waals surface area (Å²) in [7, 11) is -3.56. The Bertz CT molecular complexity index is 1140. The van der Waals surface area contributed by atoms with Gasteiger partial charge in [-0.2, -0.15) is 0 Å². The van der Waals surface area contributed by atoms with Gasteiger partial charge in [-0.1, -0.05) is 38.1 Å². The third-order valence-corrected chi connectivity index (χ3v) is 7.17. The molecule has 0 aliphatic heterocycles. The molecule has 0 saturated heterocycles. The topological polar surface area (TPSA) is 86.8 Å². The minimum Gasteiger partial charge on any atom is -0.354 e. The molecule has 1 N–H and O–H groups in total. The molecule has 36 heavy (non-hydrogen) atoms. The van der Waals surface area contributed by atoms with Crippen LogP contribution in [0, 0.1) is 19.7 Å². The van der Waals surface area contributed by atoms with Crippen LogP contribution < -0.4 is 9.62 Å². The number of amides is 2. The highest BCUT2D eigenvalue weighted by atomic mass is 32.2. The molecule has 0 aliphatic rings. The molecule has 0 fully saturated rings. The second-order valence-corrected chi connectivity index (χ2v) is 11.0. The van der Waals surface area contributed by atoms with Gasteiger partial charge in [0.15, 0.2) is 0 Å². The van der Waals surface area contributed by atoms with E-state index < -0.39 is 16.1 Å². The number of aryl methyl sites for hydroxylation is 2. The summed E-state index contributed by atoms with van der Waals surface area (Å²) < 4.78 is 39.9. The van der Waals surface area contributed by atoms with E-state index in [2.05, 4.69) is 5.32 Å². The second kappa shape index (κ2) is 13.4. The maximum atomic E-state index is 13.4. The minimum atomic E-state index is -3.56. The van der Waals surface area contributed by atoms with Crippen molar-refractivity contribution in [2.24, 2.45) is 0 Å². The van der Waals surface area contributed by atoms with E-state index in [1.807, 2.05) is 45.9 Å². The summed E-state index contributed by atoms with van der Waals surface area (Å²) in [5.41, 5.74) is 3.07. The molecule has 0 bridgehead atoms. The van der Waals surface area contributed by atoms with Crippen molar-refractivity contribution >= 4 is 27.5 Å². The van der Waals surface area contributed by atoms with Crippen molar-refractivity contribution in [3.8, 4) is 0 Å². The largest absolute Gasteiger partial charge is 0.354 e. The van der Waals surface area contributed by atoms with Crippen LogP contribution in [0.3, 0.4) is 0 Å². The van der Waals surface area contributed by atoms with Crippen LogP contribution in [-0.2, 0) is 26.2 Å². The number of hydrogen-bond donors (Lipinski definition) is 1. The van der Waals surface area contributed by atoms with Crippen LogP contribution in [0.25, 0.3) is 0 Å². The van der Waals surface area contributed by atoms with E-state index in [-0.39, 0.29) is 43.6 Å². The van der Waals surface area contributed by atoms with Crippen LogP contribution in [0.1, 0.15) is 56.2 Å². The first kappa shape index (κ1) is 29.3. The fraction of sp³-hybridized carbons (Fsp3) is 0.481. The van der Waals surface area contributed by atoms with Gasteiger partial charge < -0.3 is 10.2 Å². The molecule has 2 rings (SSSR count). The number of rotatable bonds is 13. The number of halogens is 1. The highest BCUT2D eigenvalue weighted by molar-refractivity contribution is 7.92. The molecule has 1 atom stereocenters. The van der Waals surface area contributed by atoms with Crippen LogP contribution >= 0.6 is 0 Å². The summed E-state index contributed by atoms with van der Waals surface area (Å²) in [6.45, 7) is 8.34. The third-order valence-electron chi connectivity index (χ3n) is 5.99. The molecular weight excluding hydrogens is 481 g/mol. The first-order valence-electron chi connectivity index (χ1n) is 12.3. The fourth-order valence-electron chi connectivity index (χ4n) is 4.04. The van der Waals surface area contributed by atoms with E-state index in [1.54, 1.807) is 12.1 Å². The lowest BCUT2D eigenvalue weighted by Gasteiger charge is -2.31. The average Bonchev–Trinajstić information content (AvgIpc) is 2.82. The Kier molecular flexibility index (Phi) is 10.9. The van der Waals surface area contributed by atoms with Crippen LogP contribution in [0.4, 0.5) is 10.1 Å². The zero-order valence-corrected chi connectivity index (χ0v) is 22.7. The molecule has 7 nitrogen and oxygen atoms in total. The second-order valence-electron chi connectivity index (χ2n) is 9.09. The highest BCUT2D eigenvalue weighted by Crippen LogP contribution is 2.25. The monoisotopic (exact) mass is 519 g/mol. The van der Waals surface area contributed by atoms with E-state index >= 15 is 0 Å². The molecule has 0 radical (unpaired) electrons. The highest BCUT2D eigenvalue weighted by Gasteiger charge is 2.29. The van der Waals surface area contributed by atoms with Gasteiger partial charge in [-0.3, -0.25) is 13.9 Å². The van der Waals surface area contributed by atoms with Crippen molar-refractivity contribution in [1.82, 2.24) is 10.2 Å². The number of nitrogens with zero attached hydrogens (tertiary/aromatic N) is 2. The quantitative estimate of drug-likeness (QED) is 0.427. The van der Waals surface area contributed by atoms with Gasteiger partial charge in [-0.05, 0) is 68.0 Å². The molecule has 0 aromatic heterocycles. The summed E-state index contributed by atoms with van der Waals surface area (Å²) in [6, 6.07) is 10.8. The smallest absolute Gasteiger partial charge is 0.242 e. The number of benzene rings is 2. The average molecular weight is 520 g/mol. The van der Waals surface area contributed by atoms with Gasteiger partial charge in [0.2, 0.25) is 21.8 Å². The molecule has 2 amide bonds. The van der Waals surface area contributed by atoms with Gasteiger partial charge in [-0.25, -0.2) is 12.8 Å².